The number of nitrogens with zero attached hydrogens (tertiary/aromatic N) is 1. The van der Waals surface area contributed by atoms with Crippen molar-refractivity contribution < 1.29 is 13.7 Å². The lowest BCUT2D eigenvalue weighted by Crippen LogP contribution is -2.41. The largest absolute Gasteiger partial charge is 0.494 e. The molecule has 0 unspecified atom stereocenters. The first-order valence-corrected chi connectivity index (χ1v) is 7.50. The third kappa shape index (κ3) is 1.89. The Kier molecular flexibility index (Phi) is 2.72. The predicted molar refractivity (Wildman–Crippen MR) is 87.2 cm³/mol. The van der Waals surface area contributed by atoms with Gasteiger partial charge in [0, 0.05) is 17.0 Å². The van der Waals surface area contributed by atoms with Gasteiger partial charge in [0.1, 0.15) is 5.58 Å². The Hall–Kier alpha value is -1.85. The van der Waals surface area contributed by atoms with Gasteiger partial charge in [0.25, 0.3) is 0 Å². The lowest BCUT2D eigenvalue weighted by atomic mass is 9.78. The third-order valence-corrected chi connectivity index (χ3v) is 4.80. The number of hydrogen-bond acceptors (Lipinski definition) is 4. The molecule has 2 aromatic heterocycles. The van der Waals surface area contributed by atoms with Crippen LogP contribution >= 0.6 is 0 Å². The van der Waals surface area contributed by atoms with Crippen LogP contribution in [0.15, 0.2) is 40.9 Å². The fraction of sp³-hybridized carbons (Fsp3) is 0.353. The molecule has 0 N–H and O–H groups in total. The molecule has 0 bridgehead atoms. The van der Waals surface area contributed by atoms with Crippen LogP contribution in [0.25, 0.3) is 22.1 Å². The highest BCUT2D eigenvalue weighted by Gasteiger charge is 2.51. The van der Waals surface area contributed by atoms with Gasteiger partial charge in [0.2, 0.25) is 5.71 Å². The van der Waals surface area contributed by atoms with Crippen molar-refractivity contribution in [2.75, 3.05) is 0 Å². The number of rotatable bonds is 1. The molecule has 1 saturated heterocycles. The minimum absolute atomic E-state index is 0.341. The maximum absolute atomic E-state index is 6.12. The summed E-state index contributed by atoms with van der Waals surface area (Å²) in [6.07, 6.45) is 1.74. The molecule has 4 rings (SSSR count). The molecule has 0 atom stereocenters. The standard InChI is InChI=1S/C17H18BNO3/c1-16(2)17(3,4)22-18(21-16)11-7-8-14-13(10-11)12-6-5-9-19-15(12)20-14/h5-10H,1-4H3. The molecular weight excluding hydrogens is 277 g/mol. The van der Waals surface area contributed by atoms with Gasteiger partial charge in [-0.3, -0.25) is 0 Å². The van der Waals surface area contributed by atoms with E-state index in [1.165, 1.54) is 0 Å². The van der Waals surface area contributed by atoms with E-state index in [1.54, 1.807) is 6.20 Å². The summed E-state index contributed by atoms with van der Waals surface area (Å²) in [5.74, 6) is 0. The summed E-state index contributed by atoms with van der Waals surface area (Å²) in [5.41, 5.74) is 1.80. The van der Waals surface area contributed by atoms with Crippen molar-refractivity contribution in [3.05, 3.63) is 36.5 Å². The fourth-order valence-electron chi connectivity index (χ4n) is 2.75. The number of fused-ring (bicyclic) bond motifs is 3. The van der Waals surface area contributed by atoms with Crippen LogP contribution in [0, 0.1) is 0 Å². The minimum Gasteiger partial charge on any atom is -0.438 e. The summed E-state index contributed by atoms with van der Waals surface area (Å²) in [7, 11) is -0.365. The van der Waals surface area contributed by atoms with Crippen LogP contribution in [-0.2, 0) is 9.31 Å². The molecule has 112 valence electrons. The Labute approximate surface area is 129 Å². The lowest BCUT2D eigenvalue weighted by molar-refractivity contribution is 0.00578. The van der Waals surface area contributed by atoms with Crippen molar-refractivity contribution in [3.8, 4) is 0 Å². The Balaban J connectivity index is 1.82. The molecule has 0 amide bonds. The van der Waals surface area contributed by atoms with E-state index in [4.69, 9.17) is 13.7 Å². The van der Waals surface area contributed by atoms with Crippen LogP contribution in [0.3, 0.4) is 0 Å². The molecule has 1 aliphatic rings. The summed E-state index contributed by atoms with van der Waals surface area (Å²) in [4.78, 5) is 4.26. The Morgan fingerprint density at radius 3 is 2.41 bits per heavy atom. The summed E-state index contributed by atoms with van der Waals surface area (Å²) in [6, 6.07) is 9.95. The first-order valence-electron chi connectivity index (χ1n) is 7.50. The topological polar surface area (TPSA) is 44.5 Å². The Bertz CT molecular complexity index is 853. The first kappa shape index (κ1) is 13.8. The molecule has 0 spiro atoms. The molecule has 3 heterocycles. The zero-order chi connectivity index (χ0) is 15.5. The number of furan rings is 1. The van der Waals surface area contributed by atoms with Crippen LogP contribution in [-0.4, -0.2) is 23.3 Å². The average Bonchev–Trinajstić information content (AvgIpc) is 2.93. The van der Waals surface area contributed by atoms with Crippen molar-refractivity contribution in [2.45, 2.75) is 38.9 Å². The van der Waals surface area contributed by atoms with E-state index < -0.39 is 0 Å². The van der Waals surface area contributed by atoms with Gasteiger partial charge < -0.3 is 13.7 Å². The van der Waals surface area contributed by atoms with Gasteiger partial charge in [-0.1, -0.05) is 12.1 Å². The summed E-state index contributed by atoms with van der Waals surface area (Å²) < 4.78 is 18.0. The average molecular weight is 295 g/mol. The smallest absolute Gasteiger partial charge is 0.438 e. The van der Waals surface area contributed by atoms with Gasteiger partial charge in [-0.2, -0.15) is 0 Å². The molecule has 4 nitrogen and oxygen atoms in total. The molecule has 1 aliphatic heterocycles. The maximum atomic E-state index is 6.12. The fourth-order valence-corrected chi connectivity index (χ4v) is 2.75. The molecule has 1 fully saturated rings. The first-order chi connectivity index (χ1) is 10.4. The molecule has 0 aliphatic carbocycles. The molecule has 3 aromatic rings. The highest BCUT2D eigenvalue weighted by molar-refractivity contribution is 6.62. The third-order valence-electron chi connectivity index (χ3n) is 4.80. The number of pyridine rings is 1. The number of aromatic nitrogens is 1. The van der Waals surface area contributed by atoms with Gasteiger partial charge in [0.15, 0.2) is 0 Å². The summed E-state index contributed by atoms with van der Waals surface area (Å²) >= 11 is 0. The Morgan fingerprint density at radius 2 is 1.68 bits per heavy atom. The van der Waals surface area contributed by atoms with E-state index in [9.17, 15) is 0 Å². The zero-order valence-electron chi connectivity index (χ0n) is 13.2. The molecule has 22 heavy (non-hydrogen) atoms. The van der Waals surface area contributed by atoms with E-state index in [0.717, 1.165) is 21.8 Å². The SMILES string of the molecule is CC1(C)OB(c2ccc3oc4ncccc4c3c2)OC1(C)C. The number of hydrogen-bond donors (Lipinski definition) is 0. The normalized spacial score (nSPS) is 20.1. The van der Waals surface area contributed by atoms with Crippen LogP contribution in [0.2, 0.25) is 0 Å². The summed E-state index contributed by atoms with van der Waals surface area (Å²) in [5, 5.41) is 2.05. The summed E-state index contributed by atoms with van der Waals surface area (Å²) in [6.45, 7) is 8.23. The second kappa shape index (κ2) is 4.34. The van der Waals surface area contributed by atoms with E-state index in [-0.39, 0.29) is 18.3 Å². The predicted octanol–water partition coefficient (Wildman–Crippen LogP) is 3.28. The van der Waals surface area contributed by atoms with Crippen molar-refractivity contribution in [1.29, 1.82) is 0 Å². The molecule has 1 aromatic carbocycles. The second-order valence-corrected chi connectivity index (χ2v) is 6.80. The van der Waals surface area contributed by atoms with Crippen molar-refractivity contribution in [2.24, 2.45) is 0 Å². The van der Waals surface area contributed by atoms with E-state index >= 15 is 0 Å². The molecule has 0 radical (unpaired) electrons. The van der Waals surface area contributed by atoms with Gasteiger partial charge in [-0.05, 0) is 51.4 Å². The quantitative estimate of drug-likeness (QED) is 0.646. The maximum Gasteiger partial charge on any atom is 0.494 e. The Morgan fingerprint density at radius 1 is 0.955 bits per heavy atom. The van der Waals surface area contributed by atoms with Gasteiger partial charge in [0.05, 0.1) is 11.2 Å². The van der Waals surface area contributed by atoms with Crippen LogP contribution in [0.5, 0.6) is 0 Å². The molecular formula is C17H18BNO3. The highest BCUT2D eigenvalue weighted by Crippen LogP contribution is 2.37. The van der Waals surface area contributed by atoms with Crippen molar-refractivity contribution >= 4 is 34.7 Å². The van der Waals surface area contributed by atoms with Crippen molar-refractivity contribution in [3.63, 3.8) is 0 Å². The lowest BCUT2D eigenvalue weighted by Gasteiger charge is -2.32. The van der Waals surface area contributed by atoms with Crippen LogP contribution in [0.4, 0.5) is 0 Å². The van der Waals surface area contributed by atoms with E-state index in [1.807, 2.05) is 24.3 Å². The minimum atomic E-state index is -0.365. The number of benzene rings is 1. The van der Waals surface area contributed by atoms with Gasteiger partial charge in [-0.25, -0.2) is 4.98 Å². The van der Waals surface area contributed by atoms with Crippen molar-refractivity contribution in [1.82, 2.24) is 4.98 Å². The second-order valence-electron chi connectivity index (χ2n) is 6.80. The highest BCUT2D eigenvalue weighted by atomic mass is 16.7. The van der Waals surface area contributed by atoms with E-state index in [2.05, 4.69) is 38.7 Å². The molecule has 0 saturated carbocycles. The van der Waals surface area contributed by atoms with Gasteiger partial charge in [-0.15, -0.1) is 0 Å². The van der Waals surface area contributed by atoms with E-state index in [0.29, 0.717) is 5.71 Å². The monoisotopic (exact) mass is 295 g/mol. The van der Waals surface area contributed by atoms with Crippen LogP contribution in [0.1, 0.15) is 27.7 Å². The van der Waals surface area contributed by atoms with Crippen LogP contribution < -0.4 is 5.46 Å². The molecule has 5 heteroatoms. The zero-order valence-corrected chi connectivity index (χ0v) is 13.2. The van der Waals surface area contributed by atoms with Gasteiger partial charge >= 0.3 is 7.12 Å².